The van der Waals surface area contributed by atoms with E-state index in [0.29, 0.717) is 23.7 Å². The van der Waals surface area contributed by atoms with E-state index in [0.717, 1.165) is 19.5 Å². The van der Waals surface area contributed by atoms with Gasteiger partial charge >= 0.3 is 0 Å². The van der Waals surface area contributed by atoms with Crippen LogP contribution in [0.2, 0.25) is 0 Å². The number of carbonyl (C=O) groups is 1. The molecule has 0 bridgehead atoms. The minimum Gasteiger partial charge on any atom is -0.463 e. The first-order valence-corrected chi connectivity index (χ1v) is 9.36. The minimum atomic E-state index is -0.186. The number of nitrogens with one attached hydrogen (secondary N) is 2. The summed E-state index contributed by atoms with van der Waals surface area (Å²) in [5.74, 6) is 0.473. The van der Waals surface area contributed by atoms with Crippen molar-refractivity contribution < 1.29 is 9.21 Å². The van der Waals surface area contributed by atoms with Gasteiger partial charge in [-0.05, 0) is 37.2 Å². The Morgan fingerprint density at radius 2 is 1.96 bits per heavy atom. The summed E-state index contributed by atoms with van der Waals surface area (Å²) in [7, 11) is 0. The molecule has 2 N–H and O–H groups in total. The van der Waals surface area contributed by atoms with Gasteiger partial charge in [0.15, 0.2) is 11.5 Å². The van der Waals surface area contributed by atoms with Gasteiger partial charge < -0.3 is 9.73 Å². The smallest absolute Gasteiger partial charge is 0.271 e. The Morgan fingerprint density at radius 1 is 1.19 bits per heavy atom. The molecule has 0 spiro atoms. The second kappa shape index (κ2) is 9.19. The number of hydrogen-bond acceptors (Lipinski definition) is 4. The van der Waals surface area contributed by atoms with Gasteiger partial charge in [0, 0.05) is 18.7 Å². The molecule has 2 heterocycles. The Balaban J connectivity index is 1.64. The van der Waals surface area contributed by atoms with Crippen LogP contribution in [0.15, 0.2) is 59.2 Å². The van der Waals surface area contributed by atoms with Gasteiger partial charge in [-0.1, -0.05) is 44.2 Å². The summed E-state index contributed by atoms with van der Waals surface area (Å²) in [5, 5.41) is 9.99. The molecule has 142 valence electrons. The minimum absolute atomic E-state index is 0.186. The van der Waals surface area contributed by atoms with Crippen molar-refractivity contribution in [2.45, 2.75) is 26.3 Å². The highest BCUT2D eigenvalue weighted by Crippen LogP contribution is 2.17. The van der Waals surface area contributed by atoms with Crippen molar-refractivity contribution in [2.24, 2.45) is 0 Å². The number of rotatable bonds is 9. The largest absolute Gasteiger partial charge is 0.463 e. The third kappa shape index (κ3) is 4.86. The average Bonchev–Trinajstić information content (AvgIpc) is 3.39. The van der Waals surface area contributed by atoms with Gasteiger partial charge in [-0.15, -0.1) is 0 Å². The summed E-state index contributed by atoms with van der Waals surface area (Å²) in [5.41, 5.74) is 2.32. The molecule has 0 aliphatic carbocycles. The lowest BCUT2D eigenvalue weighted by Crippen LogP contribution is -2.45. The fourth-order valence-electron chi connectivity index (χ4n) is 3.25. The average molecular weight is 366 g/mol. The maximum absolute atomic E-state index is 12.5. The summed E-state index contributed by atoms with van der Waals surface area (Å²) in [6, 6.07) is 15.9. The van der Waals surface area contributed by atoms with Crippen molar-refractivity contribution in [3.63, 3.8) is 0 Å². The molecule has 3 rings (SSSR count). The number of amides is 1. The van der Waals surface area contributed by atoms with Gasteiger partial charge in [-0.2, -0.15) is 5.10 Å². The first-order chi connectivity index (χ1) is 13.2. The van der Waals surface area contributed by atoms with E-state index in [1.807, 2.05) is 24.3 Å². The number of nitrogens with zero attached hydrogens (tertiary/aromatic N) is 2. The quantitative estimate of drug-likeness (QED) is 0.609. The molecule has 0 aliphatic rings. The lowest BCUT2D eigenvalue weighted by Gasteiger charge is -2.30. The van der Waals surface area contributed by atoms with E-state index in [-0.39, 0.29) is 11.9 Å². The number of H-pyrrole nitrogens is 1. The monoisotopic (exact) mass is 366 g/mol. The maximum Gasteiger partial charge on any atom is 0.271 e. The normalized spacial score (nSPS) is 12.3. The van der Waals surface area contributed by atoms with Crippen molar-refractivity contribution in [3.05, 3.63) is 66.1 Å². The molecule has 6 nitrogen and oxygen atoms in total. The molecule has 3 aromatic rings. The summed E-state index contributed by atoms with van der Waals surface area (Å²) < 4.78 is 5.33. The highest BCUT2D eigenvalue weighted by molar-refractivity contribution is 5.93. The van der Waals surface area contributed by atoms with Gasteiger partial charge in [0.2, 0.25) is 0 Å². The van der Waals surface area contributed by atoms with Gasteiger partial charge in [0.25, 0.3) is 5.91 Å². The van der Waals surface area contributed by atoms with Crippen LogP contribution in [0.5, 0.6) is 0 Å². The zero-order valence-corrected chi connectivity index (χ0v) is 15.8. The molecule has 1 amide bonds. The zero-order chi connectivity index (χ0) is 19.1. The van der Waals surface area contributed by atoms with E-state index in [9.17, 15) is 4.79 Å². The summed E-state index contributed by atoms with van der Waals surface area (Å²) in [4.78, 5) is 14.9. The van der Waals surface area contributed by atoms with Crippen LogP contribution in [0, 0.1) is 0 Å². The molecular formula is C21H26N4O2. The van der Waals surface area contributed by atoms with Crippen LogP contribution in [-0.2, 0) is 6.42 Å². The number of hydrogen-bond donors (Lipinski definition) is 2. The Morgan fingerprint density at radius 3 is 2.63 bits per heavy atom. The molecule has 0 saturated heterocycles. The molecule has 0 aliphatic heterocycles. The van der Waals surface area contributed by atoms with Crippen molar-refractivity contribution >= 4 is 5.91 Å². The van der Waals surface area contributed by atoms with E-state index < -0.39 is 0 Å². The van der Waals surface area contributed by atoms with Crippen LogP contribution in [0.4, 0.5) is 0 Å². The first kappa shape index (κ1) is 18.9. The molecule has 27 heavy (non-hydrogen) atoms. The second-order valence-corrected chi connectivity index (χ2v) is 6.42. The van der Waals surface area contributed by atoms with Gasteiger partial charge in [0.1, 0.15) is 5.69 Å². The lowest BCUT2D eigenvalue weighted by atomic mass is 10.0. The summed E-state index contributed by atoms with van der Waals surface area (Å²) in [6.45, 7) is 6.74. The fraction of sp³-hybridized carbons (Fsp3) is 0.333. The van der Waals surface area contributed by atoms with Crippen LogP contribution in [0.25, 0.3) is 11.5 Å². The van der Waals surface area contributed by atoms with Crippen LogP contribution in [-0.4, -0.2) is 46.7 Å². The van der Waals surface area contributed by atoms with E-state index >= 15 is 0 Å². The fourth-order valence-corrected chi connectivity index (χ4v) is 3.25. The molecule has 0 fully saturated rings. The lowest BCUT2D eigenvalue weighted by molar-refractivity contribution is 0.0929. The van der Waals surface area contributed by atoms with E-state index in [1.54, 1.807) is 18.4 Å². The number of carbonyl (C=O) groups excluding carboxylic acids is 1. The van der Waals surface area contributed by atoms with Crippen LogP contribution < -0.4 is 5.32 Å². The zero-order valence-electron chi connectivity index (χ0n) is 15.8. The Kier molecular flexibility index (Phi) is 6.44. The third-order valence-electron chi connectivity index (χ3n) is 4.74. The number of likely N-dealkylation sites (N-methyl/N-ethyl adjacent to an activating group) is 1. The Hall–Kier alpha value is -2.86. The Bertz CT molecular complexity index is 823. The molecule has 2 aromatic heterocycles. The standard InChI is InChI=1S/C21H26N4O2/c1-3-25(4-2)17(13-16-9-6-5-7-10-16)15-22-21(26)19-14-18(23-24-19)20-11-8-12-27-20/h5-12,14,17H,3-4,13,15H2,1-2H3,(H,22,26)(H,23,24). The van der Waals surface area contributed by atoms with Gasteiger partial charge in [-0.25, -0.2) is 0 Å². The van der Waals surface area contributed by atoms with Crippen LogP contribution in [0.1, 0.15) is 29.9 Å². The number of furan rings is 1. The molecular weight excluding hydrogens is 340 g/mol. The van der Waals surface area contributed by atoms with Gasteiger partial charge in [-0.3, -0.25) is 14.8 Å². The highest BCUT2D eigenvalue weighted by atomic mass is 16.3. The molecule has 6 heteroatoms. The highest BCUT2D eigenvalue weighted by Gasteiger charge is 2.19. The van der Waals surface area contributed by atoms with Crippen LogP contribution >= 0.6 is 0 Å². The van der Waals surface area contributed by atoms with E-state index in [1.165, 1.54) is 5.56 Å². The SMILES string of the molecule is CCN(CC)C(CNC(=O)c1cc(-c2ccco2)[nH]n1)Cc1ccccc1. The predicted octanol–water partition coefficient (Wildman–Crippen LogP) is 3.35. The van der Waals surface area contributed by atoms with E-state index in [4.69, 9.17) is 4.42 Å². The van der Waals surface area contributed by atoms with Crippen molar-refractivity contribution in [1.82, 2.24) is 20.4 Å². The predicted molar refractivity (Wildman–Crippen MR) is 105 cm³/mol. The summed E-state index contributed by atoms with van der Waals surface area (Å²) >= 11 is 0. The second-order valence-electron chi connectivity index (χ2n) is 6.42. The van der Waals surface area contributed by atoms with E-state index in [2.05, 4.69) is 46.4 Å². The molecule has 1 aromatic carbocycles. The Labute approximate surface area is 159 Å². The van der Waals surface area contributed by atoms with Crippen LogP contribution in [0.3, 0.4) is 0 Å². The molecule has 0 saturated carbocycles. The molecule has 1 atom stereocenters. The van der Waals surface area contributed by atoms with Crippen molar-refractivity contribution in [1.29, 1.82) is 0 Å². The number of aromatic amines is 1. The van der Waals surface area contributed by atoms with Gasteiger partial charge in [0.05, 0.1) is 6.26 Å². The summed E-state index contributed by atoms with van der Waals surface area (Å²) in [6.07, 6.45) is 2.48. The third-order valence-corrected chi connectivity index (χ3v) is 4.74. The van der Waals surface area contributed by atoms with Crippen molar-refractivity contribution in [2.75, 3.05) is 19.6 Å². The topological polar surface area (TPSA) is 74.2 Å². The molecule has 1 unspecified atom stereocenters. The maximum atomic E-state index is 12.5. The first-order valence-electron chi connectivity index (χ1n) is 9.36. The molecule has 0 radical (unpaired) electrons. The van der Waals surface area contributed by atoms with Crippen molar-refractivity contribution in [3.8, 4) is 11.5 Å². The number of aromatic nitrogens is 2. The number of benzene rings is 1.